The van der Waals surface area contributed by atoms with E-state index in [0.29, 0.717) is 11.6 Å². The SMILES string of the molecule is COc1cc(CNC(C)(C)CC(C)(C)C)ccc1OCc1cccc(Cl)c1. The summed E-state index contributed by atoms with van der Waals surface area (Å²) in [7, 11) is 1.67. The summed E-state index contributed by atoms with van der Waals surface area (Å²) < 4.78 is 11.5. The Kier molecular flexibility index (Phi) is 7.19. The zero-order valence-electron chi connectivity index (χ0n) is 17.4. The van der Waals surface area contributed by atoms with Gasteiger partial charge in [-0.15, -0.1) is 0 Å². The Morgan fingerprint density at radius 1 is 0.926 bits per heavy atom. The minimum atomic E-state index is 0.0627. The highest BCUT2D eigenvalue weighted by atomic mass is 35.5. The van der Waals surface area contributed by atoms with Crippen molar-refractivity contribution >= 4 is 11.6 Å². The molecule has 27 heavy (non-hydrogen) atoms. The van der Waals surface area contributed by atoms with Crippen LogP contribution in [-0.4, -0.2) is 12.6 Å². The van der Waals surface area contributed by atoms with Crippen LogP contribution >= 0.6 is 11.6 Å². The summed E-state index contributed by atoms with van der Waals surface area (Å²) >= 11 is 6.03. The molecule has 0 aliphatic rings. The van der Waals surface area contributed by atoms with Crippen LogP contribution < -0.4 is 14.8 Å². The van der Waals surface area contributed by atoms with Gasteiger partial charge in [-0.2, -0.15) is 0 Å². The van der Waals surface area contributed by atoms with Crippen LogP contribution in [0.3, 0.4) is 0 Å². The van der Waals surface area contributed by atoms with Crippen molar-refractivity contribution in [2.24, 2.45) is 5.41 Å². The molecule has 2 aromatic rings. The fraction of sp³-hybridized carbons (Fsp3) is 0.478. The maximum absolute atomic E-state index is 6.03. The number of hydrogen-bond donors (Lipinski definition) is 1. The molecule has 0 aliphatic carbocycles. The first-order valence-corrected chi connectivity index (χ1v) is 9.75. The van der Waals surface area contributed by atoms with Crippen molar-refractivity contribution in [2.75, 3.05) is 7.11 Å². The van der Waals surface area contributed by atoms with Gasteiger partial charge < -0.3 is 14.8 Å². The molecule has 0 atom stereocenters. The molecule has 0 saturated carbocycles. The van der Waals surface area contributed by atoms with E-state index in [-0.39, 0.29) is 11.0 Å². The first kappa shape index (κ1) is 21.6. The van der Waals surface area contributed by atoms with Crippen molar-refractivity contribution in [3.63, 3.8) is 0 Å². The van der Waals surface area contributed by atoms with Crippen molar-refractivity contribution in [3.8, 4) is 11.5 Å². The molecule has 3 nitrogen and oxygen atoms in total. The van der Waals surface area contributed by atoms with Crippen LogP contribution in [-0.2, 0) is 13.2 Å². The average Bonchev–Trinajstić information content (AvgIpc) is 2.56. The van der Waals surface area contributed by atoms with E-state index < -0.39 is 0 Å². The maximum atomic E-state index is 6.03. The fourth-order valence-electron chi connectivity index (χ4n) is 3.46. The number of halogens is 1. The zero-order chi connectivity index (χ0) is 20.1. The predicted molar refractivity (Wildman–Crippen MR) is 114 cm³/mol. The van der Waals surface area contributed by atoms with Crippen molar-refractivity contribution in [2.45, 2.75) is 59.7 Å². The topological polar surface area (TPSA) is 30.5 Å². The van der Waals surface area contributed by atoms with Crippen LogP contribution in [0.5, 0.6) is 11.5 Å². The smallest absolute Gasteiger partial charge is 0.161 e. The molecule has 1 N–H and O–H groups in total. The minimum Gasteiger partial charge on any atom is -0.493 e. The Balaban J connectivity index is 2.00. The van der Waals surface area contributed by atoms with Crippen LogP contribution in [0.1, 0.15) is 52.2 Å². The van der Waals surface area contributed by atoms with Crippen LogP contribution in [0.15, 0.2) is 42.5 Å². The summed E-state index contributed by atoms with van der Waals surface area (Å²) in [6.07, 6.45) is 1.10. The molecule has 0 spiro atoms. The largest absolute Gasteiger partial charge is 0.493 e. The zero-order valence-corrected chi connectivity index (χ0v) is 18.1. The van der Waals surface area contributed by atoms with E-state index in [9.17, 15) is 0 Å². The number of rotatable bonds is 8. The Bertz CT molecular complexity index is 750. The summed E-state index contributed by atoms with van der Waals surface area (Å²) in [6, 6.07) is 13.8. The quantitative estimate of drug-likeness (QED) is 0.580. The molecule has 0 aromatic heterocycles. The maximum Gasteiger partial charge on any atom is 0.161 e. The van der Waals surface area contributed by atoms with Crippen molar-refractivity contribution in [1.82, 2.24) is 5.32 Å². The molecular weight excluding hydrogens is 358 g/mol. The minimum absolute atomic E-state index is 0.0627. The molecule has 148 valence electrons. The molecule has 0 radical (unpaired) electrons. The molecular formula is C23H32ClNO2. The van der Waals surface area contributed by atoms with Gasteiger partial charge in [-0.3, -0.25) is 0 Å². The molecule has 0 fully saturated rings. The Hall–Kier alpha value is -1.71. The predicted octanol–water partition coefficient (Wildman–Crippen LogP) is 6.23. The van der Waals surface area contributed by atoms with Crippen molar-refractivity contribution in [3.05, 3.63) is 58.6 Å². The molecule has 0 bridgehead atoms. The monoisotopic (exact) mass is 389 g/mol. The molecule has 2 aromatic carbocycles. The summed E-state index contributed by atoms with van der Waals surface area (Å²) in [4.78, 5) is 0. The first-order chi connectivity index (χ1) is 12.6. The lowest BCUT2D eigenvalue weighted by Gasteiger charge is -2.33. The number of benzene rings is 2. The van der Waals surface area contributed by atoms with Gasteiger partial charge in [-0.25, -0.2) is 0 Å². The summed E-state index contributed by atoms with van der Waals surface area (Å²) in [6.45, 7) is 12.5. The number of hydrogen-bond acceptors (Lipinski definition) is 3. The summed E-state index contributed by atoms with van der Waals surface area (Å²) in [5.74, 6) is 1.47. The van der Waals surface area contributed by atoms with E-state index >= 15 is 0 Å². The Morgan fingerprint density at radius 2 is 1.67 bits per heavy atom. The van der Waals surface area contributed by atoms with Gasteiger partial charge in [-0.1, -0.05) is 50.6 Å². The van der Waals surface area contributed by atoms with E-state index in [1.54, 1.807) is 7.11 Å². The van der Waals surface area contributed by atoms with Gasteiger partial charge in [0.2, 0.25) is 0 Å². The van der Waals surface area contributed by atoms with Crippen molar-refractivity contribution in [1.29, 1.82) is 0 Å². The Morgan fingerprint density at radius 3 is 2.30 bits per heavy atom. The van der Waals surface area contributed by atoms with E-state index in [4.69, 9.17) is 21.1 Å². The summed E-state index contributed by atoms with van der Waals surface area (Å²) in [5.41, 5.74) is 2.54. The molecule has 0 heterocycles. The number of ether oxygens (including phenoxy) is 2. The highest BCUT2D eigenvalue weighted by Crippen LogP contribution is 2.30. The van der Waals surface area contributed by atoms with E-state index in [0.717, 1.165) is 30.0 Å². The lowest BCUT2D eigenvalue weighted by molar-refractivity contribution is 0.240. The van der Waals surface area contributed by atoms with Gasteiger partial charge in [0.05, 0.1) is 7.11 Å². The van der Waals surface area contributed by atoms with Crippen LogP contribution in [0.2, 0.25) is 5.02 Å². The lowest BCUT2D eigenvalue weighted by atomic mass is 9.82. The second-order valence-electron chi connectivity index (χ2n) is 8.88. The Labute approximate surface area is 169 Å². The molecule has 0 amide bonds. The molecule has 0 saturated heterocycles. The summed E-state index contributed by atoms with van der Waals surface area (Å²) in [5, 5.41) is 4.37. The van der Waals surface area contributed by atoms with Crippen LogP contribution in [0, 0.1) is 5.41 Å². The average molecular weight is 390 g/mol. The van der Waals surface area contributed by atoms with Gasteiger partial charge in [0.25, 0.3) is 0 Å². The molecule has 4 heteroatoms. The van der Waals surface area contributed by atoms with Gasteiger partial charge in [0.15, 0.2) is 11.5 Å². The van der Waals surface area contributed by atoms with Gasteiger partial charge >= 0.3 is 0 Å². The van der Waals surface area contributed by atoms with Gasteiger partial charge in [0.1, 0.15) is 6.61 Å². The van der Waals surface area contributed by atoms with Crippen LogP contribution in [0.4, 0.5) is 0 Å². The second-order valence-corrected chi connectivity index (χ2v) is 9.32. The number of methoxy groups -OCH3 is 1. The molecule has 2 rings (SSSR count). The molecule has 0 unspecified atom stereocenters. The third-order valence-corrected chi connectivity index (χ3v) is 4.49. The second kappa shape index (κ2) is 8.99. The third-order valence-electron chi connectivity index (χ3n) is 4.25. The van der Waals surface area contributed by atoms with Crippen molar-refractivity contribution < 1.29 is 9.47 Å². The van der Waals surface area contributed by atoms with Crippen LogP contribution in [0.25, 0.3) is 0 Å². The van der Waals surface area contributed by atoms with E-state index in [1.165, 1.54) is 5.56 Å². The van der Waals surface area contributed by atoms with E-state index in [1.807, 2.05) is 36.4 Å². The molecule has 0 aliphatic heterocycles. The normalized spacial score (nSPS) is 12.1. The van der Waals surface area contributed by atoms with E-state index in [2.05, 4.69) is 46.0 Å². The van der Waals surface area contributed by atoms with Gasteiger partial charge in [-0.05, 0) is 61.1 Å². The first-order valence-electron chi connectivity index (χ1n) is 9.37. The highest BCUT2D eigenvalue weighted by molar-refractivity contribution is 6.30. The fourth-order valence-corrected chi connectivity index (χ4v) is 3.67. The third kappa shape index (κ3) is 7.43. The number of nitrogens with one attached hydrogen (secondary N) is 1. The lowest BCUT2D eigenvalue weighted by Crippen LogP contribution is -2.41. The highest BCUT2D eigenvalue weighted by Gasteiger charge is 2.24. The van der Waals surface area contributed by atoms with Gasteiger partial charge in [0, 0.05) is 17.1 Å². The standard InChI is InChI=1S/C23H32ClNO2/c1-22(2,3)16-23(4,5)25-14-17-10-11-20(21(13-17)26-6)27-15-18-8-7-9-19(24)12-18/h7-13,25H,14-16H2,1-6H3.